The Morgan fingerprint density at radius 1 is 0.708 bits per heavy atom. The summed E-state index contributed by atoms with van der Waals surface area (Å²) in [6, 6.07) is 3.24. The number of hydrogen-bond acceptors (Lipinski definition) is 3. The van der Waals surface area contributed by atoms with Gasteiger partial charge in [-0.3, -0.25) is 0 Å². The molecule has 0 aromatic rings. The third kappa shape index (κ3) is 6.00. The van der Waals surface area contributed by atoms with Crippen molar-refractivity contribution in [3.05, 3.63) is 0 Å². The lowest BCUT2D eigenvalue weighted by Gasteiger charge is -2.40. The molecule has 0 radical (unpaired) electrons. The molecule has 2 unspecified atom stereocenters. The summed E-state index contributed by atoms with van der Waals surface area (Å²) in [5.74, 6) is 1.54. The highest BCUT2D eigenvalue weighted by molar-refractivity contribution is 4.90. The molecule has 2 aliphatic carbocycles. The normalized spacial score (nSPS) is 35.4. The van der Waals surface area contributed by atoms with E-state index in [0.717, 1.165) is 23.9 Å². The van der Waals surface area contributed by atoms with Gasteiger partial charge in [0.15, 0.2) is 0 Å². The van der Waals surface area contributed by atoms with Gasteiger partial charge >= 0.3 is 0 Å². The molecule has 3 heteroatoms. The zero-order valence-corrected chi connectivity index (χ0v) is 16.7. The molecule has 0 spiro atoms. The fourth-order valence-electron chi connectivity index (χ4n) is 4.77. The van der Waals surface area contributed by atoms with E-state index in [4.69, 9.17) is 5.73 Å². The Hall–Kier alpha value is -0.120. The van der Waals surface area contributed by atoms with Crippen LogP contribution in [-0.4, -0.2) is 30.2 Å². The highest BCUT2D eigenvalue weighted by Crippen LogP contribution is 2.35. The van der Waals surface area contributed by atoms with Crippen LogP contribution in [0.15, 0.2) is 0 Å². The Labute approximate surface area is 150 Å². The molecule has 2 atom stereocenters. The van der Waals surface area contributed by atoms with Gasteiger partial charge in [0.05, 0.1) is 0 Å². The van der Waals surface area contributed by atoms with Crippen molar-refractivity contribution >= 4 is 0 Å². The molecule has 2 fully saturated rings. The average molecular weight is 338 g/mol. The molecular formula is C21H43N3. The van der Waals surface area contributed by atoms with E-state index in [2.05, 4.69) is 38.3 Å². The topological polar surface area (TPSA) is 50.1 Å². The summed E-state index contributed by atoms with van der Waals surface area (Å²) in [5, 5.41) is 7.58. The van der Waals surface area contributed by atoms with Crippen molar-refractivity contribution in [3.63, 3.8) is 0 Å². The van der Waals surface area contributed by atoms with Gasteiger partial charge in [0.1, 0.15) is 0 Å². The van der Waals surface area contributed by atoms with Gasteiger partial charge in [0.25, 0.3) is 0 Å². The van der Waals surface area contributed by atoms with E-state index < -0.39 is 0 Å². The molecule has 0 saturated heterocycles. The third-order valence-corrected chi connectivity index (χ3v) is 6.90. The second-order valence-electron chi connectivity index (χ2n) is 8.75. The first-order valence-electron chi connectivity index (χ1n) is 10.8. The van der Waals surface area contributed by atoms with Crippen molar-refractivity contribution in [2.45, 2.75) is 122 Å². The number of rotatable bonds is 8. The van der Waals surface area contributed by atoms with Crippen LogP contribution in [0.25, 0.3) is 0 Å². The van der Waals surface area contributed by atoms with Crippen LogP contribution in [0.5, 0.6) is 0 Å². The lowest BCUT2D eigenvalue weighted by molar-refractivity contribution is 0.170. The predicted molar refractivity (Wildman–Crippen MR) is 105 cm³/mol. The summed E-state index contributed by atoms with van der Waals surface area (Å²) in [6.07, 6.45) is 13.1. The molecule has 0 aromatic heterocycles. The van der Waals surface area contributed by atoms with E-state index in [1.165, 1.54) is 64.2 Å². The van der Waals surface area contributed by atoms with Crippen LogP contribution in [0.1, 0.15) is 91.9 Å². The quantitative estimate of drug-likeness (QED) is 0.622. The molecular weight excluding hydrogens is 294 g/mol. The highest BCUT2D eigenvalue weighted by Gasteiger charge is 2.33. The summed E-state index contributed by atoms with van der Waals surface area (Å²) < 4.78 is 0. The van der Waals surface area contributed by atoms with Crippen LogP contribution in [0.4, 0.5) is 0 Å². The average Bonchev–Trinajstić information content (AvgIpc) is 2.62. The Bertz CT molecular complexity index is 298. The van der Waals surface area contributed by atoms with Crippen molar-refractivity contribution < 1.29 is 0 Å². The molecule has 0 bridgehead atoms. The summed E-state index contributed by atoms with van der Waals surface area (Å²) in [4.78, 5) is 0. The molecule has 3 nitrogen and oxygen atoms in total. The van der Waals surface area contributed by atoms with Gasteiger partial charge in [-0.05, 0) is 89.9 Å². The number of hydrogen-bond donors (Lipinski definition) is 3. The minimum Gasteiger partial charge on any atom is -0.327 e. The fourth-order valence-corrected chi connectivity index (χ4v) is 4.77. The zero-order valence-electron chi connectivity index (χ0n) is 16.7. The standard InChI is InChI=1S/C21H43N3/c1-5-15(3)23-19-11-7-17(8-12-19)21(22)18-9-13-20(14-10-18)24-16(4)6-2/h15-21,23-24H,5-14,22H2,1-4H3. The van der Waals surface area contributed by atoms with Crippen molar-refractivity contribution in [1.82, 2.24) is 10.6 Å². The summed E-state index contributed by atoms with van der Waals surface area (Å²) >= 11 is 0. The van der Waals surface area contributed by atoms with E-state index in [-0.39, 0.29) is 0 Å². The largest absolute Gasteiger partial charge is 0.327 e. The summed E-state index contributed by atoms with van der Waals surface area (Å²) in [5.41, 5.74) is 6.73. The first-order valence-corrected chi connectivity index (χ1v) is 10.8. The SMILES string of the molecule is CCC(C)NC1CCC(C(N)C2CCC(NC(C)CC)CC2)CC1. The van der Waals surface area contributed by atoms with Gasteiger partial charge in [-0.15, -0.1) is 0 Å². The minimum absolute atomic E-state index is 0.444. The van der Waals surface area contributed by atoms with Crippen molar-refractivity contribution in [3.8, 4) is 0 Å². The highest BCUT2D eigenvalue weighted by atomic mass is 14.9. The van der Waals surface area contributed by atoms with Crippen LogP contribution in [0.3, 0.4) is 0 Å². The van der Waals surface area contributed by atoms with Crippen LogP contribution in [0, 0.1) is 11.8 Å². The van der Waals surface area contributed by atoms with Crippen LogP contribution in [-0.2, 0) is 0 Å². The van der Waals surface area contributed by atoms with E-state index in [1.807, 2.05) is 0 Å². The Morgan fingerprint density at radius 2 is 1.04 bits per heavy atom. The second-order valence-corrected chi connectivity index (χ2v) is 8.75. The van der Waals surface area contributed by atoms with Crippen molar-refractivity contribution in [2.24, 2.45) is 17.6 Å². The monoisotopic (exact) mass is 337 g/mol. The zero-order chi connectivity index (χ0) is 17.5. The number of nitrogens with one attached hydrogen (secondary N) is 2. The van der Waals surface area contributed by atoms with Gasteiger partial charge in [0.2, 0.25) is 0 Å². The van der Waals surface area contributed by atoms with Gasteiger partial charge < -0.3 is 16.4 Å². The van der Waals surface area contributed by atoms with E-state index in [1.54, 1.807) is 0 Å². The molecule has 2 aliphatic rings. The van der Waals surface area contributed by atoms with Crippen LogP contribution >= 0.6 is 0 Å². The molecule has 24 heavy (non-hydrogen) atoms. The van der Waals surface area contributed by atoms with Gasteiger partial charge in [-0.25, -0.2) is 0 Å². The first-order chi connectivity index (χ1) is 11.5. The lowest BCUT2D eigenvalue weighted by atomic mass is 9.72. The maximum Gasteiger partial charge on any atom is 0.00956 e. The predicted octanol–water partition coefficient (Wildman–Crippen LogP) is 4.21. The maximum absolute atomic E-state index is 6.73. The molecule has 2 saturated carbocycles. The maximum atomic E-state index is 6.73. The van der Waals surface area contributed by atoms with E-state index >= 15 is 0 Å². The lowest BCUT2D eigenvalue weighted by Crippen LogP contribution is -2.46. The first kappa shape index (κ1) is 20.2. The summed E-state index contributed by atoms with van der Waals surface area (Å²) in [7, 11) is 0. The van der Waals surface area contributed by atoms with Crippen LogP contribution < -0.4 is 16.4 Å². The Balaban J connectivity index is 1.69. The fraction of sp³-hybridized carbons (Fsp3) is 1.00. The molecule has 0 heterocycles. The Kier molecular flexibility index (Phi) is 8.53. The minimum atomic E-state index is 0.444. The molecule has 4 N–H and O–H groups in total. The van der Waals surface area contributed by atoms with Gasteiger partial charge in [-0.1, -0.05) is 13.8 Å². The van der Waals surface area contributed by atoms with Gasteiger partial charge in [0, 0.05) is 30.2 Å². The van der Waals surface area contributed by atoms with Crippen molar-refractivity contribution in [2.75, 3.05) is 0 Å². The van der Waals surface area contributed by atoms with Gasteiger partial charge in [-0.2, -0.15) is 0 Å². The smallest absolute Gasteiger partial charge is 0.00956 e. The molecule has 142 valence electrons. The number of nitrogens with two attached hydrogens (primary N) is 1. The molecule has 2 rings (SSSR count). The molecule has 0 amide bonds. The van der Waals surface area contributed by atoms with E-state index in [9.17, 15) is 0 Å². The molecule has 0 aromatic carbocycles. The van der Waals surface area contributed by atoms with Crippen LogP contribution in [0.2, 0.25) is 0 Å². The second kappa shape index (κ2) is 10.1. The third-order valence-electron chi connectivity index (χ3n) is 6.90. The van der Waals surface area contributed by atoms with Crippen molar-refractivity contribution in [1.29, 1.82) is 0 Å². The Morgan fingerprint density at radius 3 is 1.33 bits per heavy atom. The molecule has 0 aliphatic heterocycles. The van der Waals surface area contributed by atoms with E-state index in [0.29, 0.717) is 18.1 Å². The summed E-state index contributed by atoms with van der Waals surface area (Å²) in [6.45, 7) is 9.16.